The van der Waals surface area contributed by atoms with Gasteiger partial charge in [-0.05, 0) is 0 Å². The molecule has 0 saturated carbocycles. The van der Waals surface area contributed by atoms with Gasteiger partial charge in [-0.25, -0.2) is 0 Å². The van der Waals surface area contributed by atoms with Crippen LogP contribution in [0.1, 0.15) is 19.3 Å². The molecule has 2 atom stereocenters. The monoisotopic (exact) mass is 392 g/mol. The average Bonchev–Trinajstić information content (AvgIpc) is 2.30. The van der Waals surface area contributed by atoms with Gasteiger partial charge in [0, 0.05) is 0 Å². The number of carboxylic acids is 2. The van der Waals surface area contributed by atoms with Crippen LogP contribution in [0.5, 0.6) is 0 Å². The highest BCUT2D eigenvalue weighted by Crippen LogP contribution is 2.09. The largest absolute Gasteiger partial charge is 0.481 e. The fraction of sp³-hybridized carbons (Fsp3) is 0.765. The lowest BCUT2D eigenvalue weighted by molar-refractivity contribution is -0.873. The second kappa shape index (κ2) is 10.2. The number of quaternary nitrogens is 2. The average molecular weight is 392 g/mol. The van der Waals surface area contributed by atoms with Crippen molar-refractivity contribution in [1.29, 1.82) is 0 Å². The maximum atomic E-state index is 12.0. The van der Waals surface area contributed by atoms with E-state index in [1.165, 1.54) is 0 Å². The molecule has 27 heavy (non-hydrogen) atoms. The second-order valence-electron chi connectivity index (χ2n) is 8.54. The smallest absolute Gasteiger partial charge is 0.317 e. The highest BCUT2D eigenvalue weighted by Gasteiger charge is 2.28. The number of likely N-dealkylation sites (N-methyl/N-ethyl adjacent to an activating group) is 2. The van der Waals surface area contributed by atoms with Crippen molar-refractivity contribution in [3.05, 3.63) is 0 Å². The van der Waals surface area contributed by atoms with E-state index in [4.69, 9.17) is 19.7 Å². The maximum absolute atomic E-state index is 12.0. The Hall–Kier alpha value is -2.20. The summed E-state index contributed by atoms with van der Waals surface area (Å²) in [7, 11) is 10.9. The van der Waals surface area contributed by atoms with E-state index >= 15 is 0 Å². The number of carboxylic acid groups (broad SMARTS) is 2. The lowest BCUT2D eigenvalue weighted by Crippen LogP contribution is -2.44. The number of aliphatic carboxylic acids is 2. The van der Waals surface area contributed by atoms with E-state index in [1.807, 2.05) is 42.3 Å². The predicted molar refractivity (Wildman–Crippen MR) is 94.7 cm³/mol. The van der Waals surface area contributed by atoms with Gasteiger partial charge in [0.1, 0.15) is 19.5 Å². The van der Waals surface area contributed by atoms with Crippen molar-refractivity contribution in [1.82, 2.24) is 0 Å². The molecule has 0 aliphatic carbocycles. The Kier molecular flexibility index (Phi) is 9.38. The molecule has 0 aromatic heterocycles. The normalized spacial score (nSPS) is 14.1. The standard InChI is InChI=1S/C17H30N2O8/c1-18(2,3)10-12(7-14(20)21)26-16(24)9-17(25)27-13(8-15(22)23)11-19(4,5)6/h12-13H,7-11H2,1-6H3/p+2. The molecule has 0 aliphatic rings. The molecule has 0 saturated heterocycles. The van der Waals surface area contributed by atoms with Crippen LogP contribution < -0.4 is 0 Å². The van der Waals surface area contributed by atoms with Crippen molar-refractivity contribution in [3.63, 3.8) is 0 Å². The molecule has 0 aromatic rings. The molecular formula is C17H32N2O8+2. The molecule has 2 N–H and O–H groups in total. The molecule has 0 aromatic carbocycles. The van der Waals surface area contributed by atoms with Crippen molar-refractivity contribution >= 4 is 23.9 Å². The van der Waals surface area contributed by atoms with Crippen molar-refractivity contribution in [3.8, 4) is 0 Å². The molecule has 10 nitrogen and oxygen atoms in total. The third-order valence-electron chi connectivity index (χ3n) is 3.19. The summed E-state index contributed by atoms with van der Waals surface area (Å²) in [6, 6.07) is 0. The van der Waals surface area contributed by atoms with Gasteiger partial charge in [0.2, 0.25) is 0 Å². The molecule has 10 heteroatoms. The van der Waals surface area contributed by atoms with Crippen LogP contribution in [0.2, 0.25) is 0 Å². The Morgan fingerprint density at radius 3 is 1.22 bits per heavy atom. The zero-order valence-electron chi connectivity index (χ0n) is 16.9. The zero-order valence-corrected chi connectivity index (χ0v) is 16.9. The van der Waals surface area contributed by atoms with Crippen LogP contribution in [0.25, 0.3) is 0 Å². The Morgan fingerprint density at radius 2 is 1.00 bits per heavy atom. The van der Waals surface area contributed by atoms with E-state index < -0.39 is 42.5 Å². The Balaban J connectivity index is 4.80. The SMILES string of the molecule is C[N+](C)(C)CC(CC(=O)O)OC(=O)CC(=O)OC(CC(=O)O)C[N+](C)(C)C. The van der Waals surface area contributed by atoms with Gasteiger partial charge in [0.25, 0.3) is 0 Å². The molecule has 0 amide bonds. The number of hydrogen-bond donors (Lipinski definition) is 2. The first kappa shape index (κ1) is 24.8. The molecule has 0 radical (unpaired) electrons. The van der Waals surface area contributed by atoms with Gasteiger partial charge in [-0.2, -0.15) is 0 Å². The first-order valence-electron chi connectivity index (χ1n) is 8.51. The lowest BCUT2D eigenvalue weighted by Gasteiger charge is -2.29. The number of ether oxygens (including phenoxy) is 2. The fourth-order valence-corrected chi connectivity index (χ4v) is 2.47. The summed E-state index contributed by atoms with van der Waals surface area (Å²) in [5.41, 5.74) is 0. The van der Waals surface area contributed by atoms with Crippen LogP contribution >= 0.6 is 0 Å². The van der Waals surface area contributed by atoms with Crippen molar-refractivity contribution in [2.24, 2.45) is 0 Å². The van der Waals surface area contributed by atoms with Crippen molar-refractivity contribution < 1.29 is 47.8 Å². The highest BCUT2D eigenvalue weighted by molar-refractivity contribution is 5.91. The quantitative estimate of drug-likeness (QED) is 0.260. The number of rotatable bonds is 12. The summed E-state index contributed by atoms with van der Waals surface area (Å²) in [6.45, 7) is 0.520. The third-order valence-corrected chi connectivity index (χ3v) is 3.19. The van der Waals surface area contributed by atoms with Crippen LogP contribution in [0.3, 0.4) is 0 Å². The second-order valence-corrected chi connectivity index (χ2v) is 8.54. The number of carbonyl (C=O) groups is 4. The minimum Gasteiger partial charge on any atom is -0.481 e. The number of carbonyl (C=O) groups excluding carboxylic acids is 2. The van der Waals surface area contributed by atoms with Gasteiger partial charge < -0.3 is 28.7 Å². The van der Waals surface area contributed by atoms with E-state index in [0.29, 0.717) is 8.97 Å². The summed E-state index contributed by atoms with van der Waals surface area (Å²) in [5.74, 6) is -4.04. The molecule has 156 valence electrons. The van der Waals surface area contributed by atoms with Gasteiger partial charge >= 0.3 is 23.9 Å². The Labute approximate surface area is 159 Å². The lowest BCUT2D eigenvalue weighted by atomic mass is 10.2. The highest BCUT2D eigenvalue weighted by atomic mass is 16.6. The van der Waals surface area contributed by atoms with Crippen LogP contribution in [0, 0.1) is 0 Å². The topological polar surface area (TPSA) is 127 Å². The van der Waals surface area contributed by atoms with E-state index in [9.17, 15) is 19.2 Å². The minimum absolute atomic E-state index is 0.260. The summed E-state index contributed by atoms with van der Waals surface area (Å²) >= 11 is 0. The molecule has 0 heterocycles. The molecule has 0 spiro atoms. The van der Waals surface area contributed by atoms with Crippen LogP contribution in [-0.4, -0.2) is 111 Å². The first-order valence-corrected chi connectivity index (χ1v) is 8.51. The summed E-state index contributed by atoms with van der Waals surface area (Å²) in [6.07, 6.45) is -3.23. The minimum atomic E-state index is -1.12. The van der Waals surface area contributed by atoms with Crippen molar-refractivity contribution in [2.45, 2.75) is 31.5 Å². The summed E-state index contributed by atoms with van der Waals surface area (Å²) in [4.78, 5) is 45.8. The van der Waals surface area contributed by atoms with Gasteiger partial charge in [-0.1, -0.05) is 0 Å². The van der Waals surface area contributed by atoms with E-state index in [0.717, 1.165) is 0 Å². The van der Waals surface area contributed by atoms with Crippen LogP contribution in [0.4, 0.5) is 0 Å². The fourth-order valence-electron chi connectivity index (χ4n) is 2.47. The van der Waals surface area contributed by atoms with E-state index in [2.05, 4.69) is 0 Å². The molecule has 0 aliphatic heterocycles. The zero-order chi connectivity index (χ0) is 21.4. The number of esters is 2. The molecule has 0 fully saturated rings. The van der Waals surface area contributed by atoms with Crippen molar-refractivity contribution in [2.75, 3.05) is 55.4 Å². The van der Waals surface area contributed by atoms with Gasteiger partial charge in [0.15, 0.2) is 12.2 Å². The van der Waals surface area contributed by atoms with E-state index in [-0.39, 0.29) is 25.9 Å². The number of hydrogen-bond acceptors (Lipinski definition) is 6. The van der Waals surface area contributed by atoms with E-state index in [1.54, 1.807) is 0 Å². The molecule has 0 rings (SSSR count). The predicted octanol–water partition coefficient (Wildman–Crippen LogP) is -0.438. The van der Waals surface area contributed by atoms with Gasteiger partial charge in [0.05, 0.1) is 55.1 Å². The Morgan fingerprint density at radius 1 is 0.704 bits per heavy atom. The molecular weight excluding hydrogens is 360 g/mol. The molecule has 2 unspecified atom stereocenters. The molecule has 0 bridgehead atoms. The van der Waals surface area contributed by atoms with Gasteiger partial charge in [-0.3, -0.25) is 19.2 Å². The van der Waals surface area contributed by atoms with Gasteiger partial charge in [-0.15, -0.1) is 0 Å². The van der Waals surface area contributed by atoms with Crippen LogP contribution in [-0.2, 0) is 28.7 Å². The summed E-state index contributed by atoms with van der Waals surface area (Å²) < 4.78 is 11.0. The Bertz CT molecular complexity index is 500. The first-order chi connectivity index (χ1) is 12.1. The summed E-state index contributed by atoms with van der Waals surface area (Å²) in [5, 5.41) is 17.9. The van der Waals surface area contributed by atoms with Crippen LogP contribution in [0.15, 0.2) is 0 Å². The number of nitrogens with zero attached hydrogens (tertiary/aromatic N) is 2. The maximum Gasteiger partial charge on any atom is 0.317 e. The third kappa shape index (κ3) is 14.6.